The second kappa shape index (κ2) is 6.60. The van der Waals surface area contributed by atoms with Crippen molar-refractivity contribution in [2.45, 2.75) is 0 Å². The lowest BCUT2D eigenvalue weighted by atomic mass is 9.89. The van der Waals surface area contributed by atoms with E-state index in [1.165, 1.54) is 6.07 Å². The van der Waals surface area contributed by atoms with Crippen molar-refractivity contribution < 1.29 is 9.59 Å². The van der Waals surface area contributed by atoms with Crippen molar-refractivity contribution in [3.63, 3.8) is 0 Å². The van der Waals surface area contributed by atoms with E-state index >= 15 is 0 Å². The van der Waals surface area contributed by atoms with Gasteiger partial charge < -0.3 is 22.9 Å². The summed E-state index contributed by atoms with van der Waals surface area (Å²) < 4.78 is 0. The minimum Gasteiger partial charge on any atom is -0.398 e. The molecule has 26 heavy (non-hydrogen) atoms. The van der Waals surface area contributed by atoms with E-state index in [0.717, 1.165) is 0 Å². The van der Waals surface area contributed by atoms with Crippen molar-refractivity contribution in [1.29, 1.82) is 0 Å². The van der Waals surface area contributed by atoms with Gasteiger partial charge in [0, 0.05) is 33.6 Å². The summed E-state index contributed by atoms with van der Waals surface area (Å²) >= 11 is 0. The molecule has 3 aromatic carbocycles. The number of carbonyl (C=O) groups is 2. The standard InChI is InChI=1S/C20H18N4O2/c21-17-7-3-1-5-11(17)13-9-14(12-6-2-4-8-18(12)22)16(20(24)26)10-15(13)19(23)25/h1-10H,21-22H2,(H2,23,25)(H2,24,26). The molecule has 0 unspecified atom stereocenters. The summed E-state index contributed by atoms with van der Waals surface area (Å²) in [5.74, 6) is -1.36. The maximum Gasteiger partial charge on any atom is 0.249 e. The van der Waals surface area contributed by atoms with Crippen LogP contribution in [-0.4, -0.2) is 11.8 Å². The molecule has 0 atom stereocenters. The van der Waals surface area contributed by atoms with Gasteiger partial charge in [0.1, 0.15) is 0 Å². The zero-order valence-corrected chi connectivity index (χ0v) is 13.9. The normalized spacial score (nSPS) is 10.5. The average Bonchev–Trinajstić information content (AvgIpc) is 2.61. The minimum atomic E-state index is -0.682. The smallest absolute Gasteiger partial charge is 0.249 e. The molecule has 0 saturated carbocycles. The molecule has 0 bridgehead atoms. The molecule has 0 spiro atoms. The molecular weight excluding hydrogens is 328 g/mol. The largest absolute Gasteiger partial charge is 0.398 e. The lowest BCUT2D eigenvalue weighted by Crippen LogP contribution is -2.18. The third kappa shape index (κ3) is 2.95. The fourth-order valence-corrected chi connectivity index (χ4v) is 2.94. The molecule has 0 aliphatic heterocycles. The number of para-hydroxylation sites is 2. The van der Waals surface area contributed by atoms with Gasteiger partial charge in [-0.2, -0.15) is 0 Å². The fraction of sp³-hybridized carbons (Fsp3) is 0. The Bertz CT molecular complexity index is 949. The topological polar surface area (TPSA) is 138 Å². The maximum atomic E-state index is 12.0. The van der Waals surface area contributed by atoms with E-state index in [9.17, 15) is 9.59 Å². The van der Waals surface area contributed by atoms with E-state index in [1.807, 2.05) is 0 Å². The van der Waals surface area contributed by atoms with Crippen LogP contribution in [0.25, 0.3) is 22.3 Å². The van der Waals surface area contributed by atoms with Crippen LogP contribution in [0.3, 0.4) is 0 Å². The van der Waals surface area contributed by atoms with Crippen molar-refractivity contribution in [2.24, 2.45) is 11.5 Å². The first-order valence-corrected chi connectivity index (χ1v) is 7.87. The summed E-state index contributed by atoms with van der Waals surface area (Å²) in [7, 11) is 0. The molecule has 2 amide bonds. The van der Waals surface area contributed by atoms with Crippen molar-refractivity contribution in [1.82, 2.24) is 0 Å². The van der Waals surface area contributed by atoms with Crippen LogP contribution in [0.4, 0.5) is 11.4 Å². The van der Waals surface area contributed by atoms with Gasteiger partial charge in [0.05, 0.1) is 0 Å². The number of rotatable bonds is 4. The quantitative estimate of drug-likeness (QED) is 0.539. The average molecular weight is 346 g/mol. The molecule has 3 rings (SSSR count). The first-order chi connectivity index (χ1) is 12.4. The highest BCUT2D eigenvalue weighted by Gasteiger charge is 2.20. The number of anilines is 2. The zero-order valence-electron chi connectivity index (χ0n) is 13.9. The Kier molecular flexibility index (Phi) is 4.33. The van der Waals surface area contributed by atoms with E-state index in [-0.39, 0.29) is 11.1 Å². The van der Waals surface area contributed by atoms with Gasteiger partial charge in [0.15, 0.2) is 0 Å². The van der Waals surface area contributed by atoms with Gasteiger partial charge in [-0.3, -0.25) is 9.59 Å². The highest BCUT2D eigenvalue weighted by Crippen LogP contribution is 2.36. The fourth-order valence-electron chi connectivity index (χ4n) is 2.94. The van der Waals surface area contributed by atoms with Crippen LogP contribution in [0, 0.1) is 0 Å². The van der Waals surface area contributed by atoms with Gasteiger partial charge in [-0.1, -0.05) is 36.4 Å². The molecule has 0 heterocycles. The summed E-state index contributed by atoms with van der Waals surface area (Å²) in [6.07, 6.45) is 0. The van der Waals surface area contributed by atoms with Crippen LogP contribution >= 0.6 is 0 Å². The van der Waals surface area contributed by atoms with Gasteiger partial charge in [-0.15, -0.1) is 0 Å². The number of amides is 2. The predicted molar refractivity (Wildman–Crippen MR) is 103 cm³/mol. The molecule has 130 valence electrons. The third-order valence-corrected chi connectivity index (χ3v) is 4.19. The number of nitrogens with two attached hydrogens (primary N) is 4. The van der Waals surface area contributed by atoms with Gasteiger partial charge in [0.25, 0.3) is 0 Å². The Morgan fingerprint density at radius 2 is 0.962 bits per heavy atom. The Labute approximate surface area is 150 Å². The van der Waals surface area contributed by atoms with Gasteiger partial charge in [-0.25, -0.2) is 0 Å². The molecule has 0 radical (unpaired) electrons. The van der Waals surface area contributed by atoms with E-state index in [2.05, 4.69) is 0 Å². The molecule has 0 saturated heterocycles. The van der Waals surface area contributed by atoms with Gasteiger partial charge >= 0.3 is 0 Å². The Hall–Kier alpha value is -3.80. The van der Waals surface area contributed by atoms with Gasteiger partial charge in [-0.05, 0) is 35.4 Å². The van der Waals surface area contributed by atoms with Crippen LogP contribution in [0.1, 0.15) is 20.7 Å². The number of hydrogen-bond acceptors (Lipinski definition) is 4. The first-order valence-electron chi connectivity index (χ1n) is 7.87. The number of carbonyl (C=O) groups excluding carboxylic acids is 2. The van der Waals surface area contributed by atoms with Crippen molar-refractivity contribution in [3.8, 4) is 22.3 Å². The summed E-state index contributed by atoms with van der Waals surface area (Å²) in [4.78, 5) is 24.0. The molecule has 8 N–H and O–H groups in total. The van der Waals surface area contributed by atoms with E-state index < -0.39 is 11.8 Å². The molecule has 0 aliphatic carbocycles. The molecular formula is C20H18N4O2. The predicted octanol–water partition coefficient (Wildman–Crippen LogP) is 2.38. The number of benzene rings is 3. The number of nitrogen functional groups attached to an aromatic ring is 2. The van der Waals surface area contributed by atoms with Crippen molar-refractivity contribution in [2.75, 3.05) is 11.5 Å². The second-order valence-electron chi connectivity index (χ2n) is 5.85. The van der Waals surface area contributed by atoms with Gasteiger partial charge in [0.2, 0.25) is 11.8 Å². The van der Waals surface area contributed by atoms with Crippen LogP contribution in [-0.2, 0) is 0 Å². The lowest BCUT2D eigenvalue weighted by Gasteiger charge is -2.16. The summed E-state index contributed by atoms with van der Waals surface area (Å²) in [5.41, 5.74) is 26.8. The van der Waals surface area contributed by atoms with E-state index in [1.54, 1.807) is 54.6 Å². The molecule has 6 nitrogen and oxygen atoms in total. The molecule has 6 heteroatoms. The lowest BCUT2D eigenvalue weighted by molar-refractivity contribution is 0.0999. The van der Waals surface area contributed by atoms with E-state index in [4.69, 9.17) is 22.9 Å². The summed E-state index contributed by atoms with van der Waals surface area (Å²) in [6.45, 7) is 0. The minimum absolute atomic E-state index is 0.162. The Morgan fingerprint density at radius 3 is 1.31 bits per heavy atom. The monoisotopic (exact) mass is 346 g/mol. The molecule has 0 fully saturated rings. The maximum absolute atomic E-state index is 12.0. The van der Waals surface area contributed by atoms with Crippen molar-refractivity contribution >= 4 is 23.2 Å². The first kappa shape index (κ1) is 17.0. The second-order valence-corrected chi connectivity index (χ2v) is 5.85. The Balaban J connectivity index is 2.40. The molecule has 3 aromatic rings. The van der Waals surface area contributed by atoms with Crippen LogP contribution in [0.5, 0.6) is 0 Å². The molecule has 0 aromatic heterocycles. The van der Waals surface area contributed by atoms with Crippen LogP contribution < -0.4 is 22.9 Å². The number of hydrogen-bond donors (Lipinski definition) is 4. The Morgan fingerprint density at radius 1 is 0.577 bits per heavy atom. The van der Waals surface area contributed by atoms with Crippen LogP contribution in [0.2, 0.25) is 0 Å². The summed E-state index contributed by atoms with van der Waals surface area (Å²) in [5, 5.41) is 0. The van der Waals surface area contributed by atoms with Crippen molar-refractivity contribution in [3.05, 3.63) is 71.8 Å². The highest BCUT2D eigenvalue weighted by atomic mass is 16.1. The van der Waals surface area contributed by atoms with Crippen LogP contribution in [0.15, 0.2) is 60.7 Å². The number of primary amides is 2. The van der Waals surface area contributed by atoms with E-state index in [0.29, 0.717) is 33.6 Å². The zero-order chi connectivity index (χ0) is 18.8. The molecule has 0 aliphatic rings. The SMILES string of the molecule is NC(=O)c1cc(C(N)=O)c(-c2ccccc2N)cc1-c1ccccc1N. The summed E-state index contributed by atoms with van der Waals surface area (Å²) in [6, 6.07) is 17.2. The third-order valence-electron chi connectivity index (χ3n) is 4.19. The highest BCUT2D eigenvalue weighted by molar-refractivity contribution is 6.09.